The number of ether oxygens (including phenoxy) is 1. The number of benzene rings is 2. The van der Waals surface area contributed by atoms with Crippen LogP contribution in [0.25, 0.3) is 16.6 Å². The van der Waals surface area contributed by atoms with Crippen LogP contribution in [0.5, 0.6) is 0 Å². The smallest absolute Gasteiger partial charge is 0.274 e. The Bertz CT molecular complexity index is 1490. The summed E-state index contributed by atoms with van der Waals surface area (Å²) < 4.78 is 7.36. The average Bonchev–Trinajstić information content (AvgIpc) is 3.44. The highest BCUT2D eigenvalue weighted by molar-refractivity contribution is 6.35. The maximum atomic E-state index is 13.5. The molecule has 0 atom stereocenters. The van der Waals surface area contributed by atoms with E-state index in [1.54, 1.807) is 29.3 Å². The van der Waals surface area contributed by atoms with E-state index in [-0.39, 0.29) is 17.4 Å². The predicted octanol–water partition coefficient (Wildman–Crippen LogP) is 4.58. The molecule has 2 aliphatic rings. The molecule has 2 aliphatic heterocycles. The molecule has 0 radical (unpaired) electrons. The van der Waals surface area contributed by atoms with Crippen LogP contribution in [-0.2, 0) is 11.2 Å². The fourth-order valence-electron chi connectivity index (χ4n) is 4.95. The van der Waals surface area contributed by atoms with Gasteiger partial charge in [0.1, 0.15) is 11.3 Å². The van der Waals surface area contributed by atoms with Crippen molar-refractivity contribution >= 4 is 51.3 Å². The number of nitrogens with one attached hydrogen (secondary N) is 1. The van der Waals surface area contributed by atoms with Gasteiger partial charge in [0.25, 0.3) is 11.5 Å². The normalized spacial score (nSPS) is 16.6. The summed E-state index contributed by atoms with van der Waals surface area (Å²) >= 11 is 12.8. The van der Waals surface area contributed by atoms with Crippen molar-refractivity contribution in [2.45, 2.75) is 25.2 Å². The topological polar surface area (TPSA) is 79.7 Å². The molecule has 1 amide bonds. The lowest BCUT2D eigenvalue weighted by Crippen LogP contribution is -2.29. The second kappa shape index (κ2) is 7.87. The Labute approximate surface area is 198 Å². The van der Waals surface area contributed by atoms with Gasteiger partial charge in [-0.2, -0.15) is 0 Å². The molecule has 0 saturated carbocycles. The fourth-order valence-corrected chi connectivity index (χ4v) is 5.38. The van der Waals surface area contributed by atoms with Crippen LogP contribution in [-0.4, -0.2) is 40.0 Å². The van der Waals surface area contributed by atoms with Crippen molar-refractivity contribution in [1.29, 1.82) is 0 Å². The molecule has 0 spiro atoms. The lowest BCUT2D eigenvalue weighted by Gasteiger charge is -2.22. The van der Waals surface area contributed by atoms with E-state index in [1.807, 2.05) is 16.5 Å². The van der Waals surface area contributed by atoms with Crippen LogP contribution < -0.4 is 10.5 Å². The second-order valence-electron chi connectivity index (χ2n) is 8.51. The Hall–Kier alpha value is -2.87. The molecule has 33 heavy (non-hydrogen) atoms. The number of carbonyl (C=O) groups is 1. The average molecular weight is 483 g/mol. The molecule has 0 aliphatic carbocycles. The fraction of sp³-hybridized carbons (Fsp3) is 0.292. The number of imidazole rings is 1. The van der Waals surface area contributed by atoms with Gasteiger partial charge in [0, 0.05) is 36.4 Å². The molecule has 6 rings (SSSR count). The van der Waals surface area contributed by atoms with Crippen molar-refractivity contribution < 1.29 is 9.53 Å². The summed E-state index contributed by atoms with van der Waals surface area (Å²) in [4.78, 5) is 35.5. The van der Waals surface area contributed by atoms with Gasteiger partial charge in [-0.05, 0) is 55.2 Å². The highest BCUT2D eigenvalue weighted by atomic mass is 35.5. The molecule has 2 aromatic carbocycles. The third kappa shape index (κ3) is 3.34. The Kier molecular flexibility index (Phi) is 4.94. The van der Waals surface area contributed by atoms with Crippen LogP contribution in [0, 0.1) is 0 Å². The van der Waals surface area contributed by atoms with E-state index in [4.69, 9.17) is 27.9 Å². The number of carbonyl (C=O) groups excluding carboxylic acids is 1. The molecule has 7 nitrogen and oxygen atoms in total. The highest BCUT2D eigenvalue weighted by Gasteiger charge is 2.28. The zero-order valence-electron chi connectivity index (χ0n) is 17.6. The first-order valence-electron chi connectivity index (χ1n) is 10.9. The van der Waals surface area contributed by atoms with E-state index >= 15 is 0 Å². The number of hydrogen-bond acceptors (Lipinski definition) is 4. The van der Waals surface area contributed by atoms with Gasteiger partial charge in [0.2, 0.25) is 0 Å². The zero-order chi connectivity index (χ0) is 22.7. The molecule has 1 N–H and O–H groups in total. The van der Waals surface area contributed by atoms with E-state index in [2.05, 4.69) is 9.97 Å². The van der Waals surface area contributed by atoms with Gasteiger partial charge in [-0.3, -0.25) is 14.0 Å². The molecule has 0 bridgehead atoms. The molecule has 0 unspecified atom stereocenters. The SMILES string of the molecule is O=C(c1cc2[nH]c(=O)c3cnc(C4CCOCC4)n3c2cc1Cl)N1CCc2cc(Cl)ccc21. The molecule has 9 heteroatoms. The number of anilines is 1. The van der Waals surface area contributed by atoms with Crippen LogP contribution >= 0.6 is 23.2 Å². The first-order chi connectivity index (χ1) is 16.0. The van der Waals surface area contributed by atoms with Crippen LogP contribution in [0.2, 0.25) is 10.0 Å². The summed E-state index contributed by atoms with van der Waals surface area (Å²) in [6.07, 6.45) is 4.02. The van der Waals surface area contributed by atoms with Crippen molar-refractivity contribution in [3.05, 3.63) is 73.9 Å². The standard InChI is InChI=1S/C24H20Cl2N4O3/c25-15-1-2-19-14(9-15)3-6-29(19)24(32)16-10-18-20(11-17(16)26)30-21(23(31)28-18)12-27-22(30)13-4-7-33-8-5-13/h1-2,9-13H,3-8H2,(H,28,31). The Morgan fingerprint density at radius 3 is 2.76 bits per heavy atom. The minimum atomic E-state index is -0.254. The van der Waals surface area contributed by atoms with Gasteiger partial charge >= 0.3 is 0 Å². The quantitative estimate of drug-likeness (QED) is 0.453. The van der Waals surface area contributed by atoms with Gasteiger partial charge in [0.15, 0.2) is 0 Å². The number of aromatic amines is 1. The van der Waals surface area contributed by atoms with Crippen LogP contribution in [0.3, 0.4) is 0 Å². The van der Waals surface area contributed by atoms with E-state index < -0.39 is 0 Å². The first kappa shape index (κ1) is 20.7. The molecule has 4 heterocycles. The van der Waals surface area contributed by atoms with Crippen molar-refractivity contribution in [3.8, 4) is 0 Å². The van der Waals surface area contributed by atoms with Crippen LogP contribution in [0.4, 0.5) is 5.69 Å². The second-order valence-corrected chi connectivity index (χ2v) is 9.35. The molecule has 1 fully saturated rings. The van der Waals surface area contributed by atoms with Gasteiger partial charge in [-0.15, -0.1) is 0 Å². The minimum Gasteiger partial charge on any atom is -0.381 e. The first-order valence-corrected chi connectivity index (χ1v) is 11.7. The monoisotopic (exact) mass is 482 g/mol. The lowest BCUT2D eigenvalue weighted by molar-refractivity contribution is 0.0835. The van der Waals surface area contributed by atoms with Gasteiger partial charge in [0.05, 0.1) is 27.8 Å². The third-order valence-electron chi connectivity index (χ3n) is 6.60. The van der Waals surface area contributed by atoms with Gasteiger partial charge in [-0.1, -0.05) is 23.2 Å². The van der Waals surface area contributed by atoms with E-state index in [0.29, 0.717) is 46.4 Å². The predicted molar refractivity (Wildman–Crippen MR) is 128 cm³/mol. The molecule has 168 valence electrons. The molecular weight excluding hydrogens is 463 g/mol. The summed E-state index contributed by atoms with van der Waals surface area (Å²) in [5, 5.41) is 0.976. The van der Waals surface area contributed by atoms with Crippen LogP contribution in [0.1, 0.15) is 40.5 Å². The zero-order valence-corrected chi connectivity index (χ0v) is 19.1. The Morgan fingerprint density at radius 1 is 1.12 bits per heavy atom. The highest BCUT2D eigenvalue weighted by Crippen LogP contribution is 2.34. The maximum Gasteiger partial charge on any atom is 0.274 e. The van der Waals surface area contributed by atoms with Crippen molar-refractivity contribution in [2.24, 2.45) is 0 Å². The number of hydrogen-bond donors (Lipinski definition) is 1. The minimum absolute atomic E-state index is 0.194. The number of H-pyrrole nitrogens is 1. The Balaban J connectivity index is 1.48. The third-order valence-corrected chi connectivity index (χ3v) is 7.14. The number of nitrogens with zero attached hydrogens (tertiary/aromatic N) is 3. The molecular formula is C24H20Cl2N4O3. The van der Waals surface area contributed by atoms with E-state index in [0.717, 1.165) is 41.9 Å². The number of amides is 1. The number of rotatable bonds is 2. The molecule has 1 saturated heterocycles. The summed E-state index contributed by atoms with van der Waals surface area (Å²) in [5.74, 6) is 0.809. The lowest BCUT2D eigenvalue weighted by atomic mass is 9.99. The Morgan fingerprint density at radius 2 is 1.94 bits per heavy atom. The summed E-state index contributed by atoms with van der Waals surface area (Å²) in [7, 11) is 0. The number of fused-ring (bicyclic) bond motifs is 4. The van der Waals surface area contributed by atoms with Crippen LogP contribution in [0.15, 0.2) is 41.3 Å². The van der Waals surface area contributed by atoms with Crippen molar-refractivity contribution in [1.82, 2.24) is 14.4 Å². The van der Waals surface area contributed by atoms with Gasteiger partial charge < -0.3 is 14.6 Å². The van der Waals surface area contributed by atoms with E-state index in [9.17, 15) is 9.59 Å². The summed E-state index contributed by atoms with van der Waals surface area (Å²) in [6, 6.07) is 8.93. The summed E-state index contributed by atoms with van der Waals surface area (Å²) in [6.45, 7) is 1.89. The van der Waals surface area contributed by atoms with Crippen molar-refractivity contribution in [3.63, 3.8) is 0 Å². The number of halogens is 2. The largest absolute Gasteiger partial charge is 0.381 e. The summed E-state index contributed by atoms with van der Waals surface area (Å²) in [5.41, 5.74) is 3.68. The molecule has 4 aromatic rings. The maximum absolute atomic E-state index is 13.5. The van der Waals surface area contributed by atoms with E-state index in [1.165, 1.54) is 0 Å². The van der Waals surface area contributed by atoms with Gasteiger partial charge in [-0.25, -0.2) is 4.98 Å². The molecule has 2 aromatic heterocycles. The number of aromatic nitrogens is 3. The van der Waals surface area contributed by atoms with Crippen molar-refractivity contribution in [2.75, 3.05) is 24.7 Å².